The van der Waals surface area contributed by atoms with Crippen LogP contribution in [0, 0.1) is 0 Å². The van der Waals surface area contributed by atoms with Crippen LogP contribution in [-0.2, 0) is 22.4 Å². The van der Waals surface area contributed by atoms with Gasteiger partial charge in [0.15, 0.2) is 0 Å². The number of hydrogen-bond acceptors (Lipinski definition) is 7. The van der Waals surface area contributed by atoms with Crippen LogP contribution >= 0.6 is 0 Å². The van der Waals surface area contributed by atoms with Crippen LogP contribution in [-0.4, -0.2) is 27.0 Å². The zero-order valence-corrected chi connectivity index (χ0v) is 11.9. The van der Waals surface area contributed by atoms with Gasteiger partial charge in [-0.3, -0.25) is 9.59 Å². The molecule has 9 nitrogen and oxygen atoms in total. The summed E-state index contributed by atoms with van der Waals surface area (Å²) in [6.07, 6.45) is 1.85. The average molecular weight is 304 g/mol. The van der Waals surface area contributed by atoms with Crippen LogP contribution in [0.4, 0.5) is 5.82 Å². The number of anilines is 1. The van der Waals surface area contributed by atoms with Gasteiger partial charge in [-0.25, -0.2) is 4.98 Å². The first-order chi connectivity index (χ1) is 10.4. The van der Waals surface area contributed by atoms with Gasteiger partial charge >= 0.3 is 0 Å². The molecule has 2 aromatic heterocycles. The summed E-state index contributed by atoms with van der Waals surface area (Å²) < 4.78 is 5.37. The number of rotatable bonds is 6. The van der Waals surface area contributed by atoms with Crippen molar-refractivity contribution < 1.29 is 14.0 Å². The number of primary amides is 1. The van der Waals surface area contributed by atoms with E-state index in [-0.39, 0.29) is 24.1 Å². The minimum absolute atomic E-state index is 0.105. The molecule has 2 amide bonds. The summed E-state index contributed by atoms with van der Waals surface area (Å²) in [4.78, 5) is 26.2. The fraction of sp³-hybridized carbons (Fsp3) is 0.308. The van der Waals surface area contributed by atoms with Crippen LogP contribution in [0.3, 0.4) is 0 Å². The number of carbonyl (C=O) groups excluding carboxylic acids is 2. The lowest BCUT2D eigenvalue weighted by atomic mass is 10.1. The molecule has 9 heteroatoms. The van der Waals surface area contributed by atoms with Gasteiger partial charge in [0.1, 0.15) is 18.3 Å². The Bertz CT molecular complexity index is 667. The summed E-state index contributed by atoms with van der Waals surface area (Å²) in [5.41, 5.74) is 11.4. The molecular weight excluding hydrogens is 288 g/mol. The Morgan fingerprint density at radius 1 is 1.36 bits per heavy atom. The van der Waals surface area contributed by atoms with E-state index in [1.165, 1.54) is 6.92 Å². The molecule has 0 spiro atoms. The maximum atomic E-state index is 11.3. The lowest BCUT2D eigenvalue weighted by molar-refractivity contribution is -0.120. The third-order valence-corrected chi connectivity index (χ3v) is 2.77. The standard InChI is InChI=1S/C13H16N6O3/c1-7(20)17-9(4-8-2-3-10(14)16-6-8)13-19-18-12(22-13)5-11(15)21/h2-3,6,9H,4-5H2,1H3,(H2,14,16)(H2,15,21)(H,17,20). The summed E-state index contributed by atoms with van der Waals surface area (Å²) in [6.45, 7) is 1.38. The smallest absolute Gasteiger partial charge is 0.239 e. The number of carbonyl (C=O) groups is 2. The van der Waals surface area contributed by atoms with Gasteiger partial charge in [0, 0.05) is 19.5 Å². The van der Waals surface area contributed by atoms with Gasteiger partial charge in [0.25, 0.3) is 0 Å². The molecular formula is C13H16N6O3. The normalized spacial score (nSPS) is 11.9. The van der Waals surface area contributed by atoms with Crippen LogP contribution in [0.15, 0.2) is 22.7 Å². The predicted octanol–water partition coefficient (Wildman–Crippen LogP) is -0.505. The van der Waals surface area contributed by atoms with Gasteiger partial charge < -0.3 is 21.2 Å². The van der Waals surface area contributed by atoms with E-state index in [1.54, 1.807) is 18.3 Å². The highest BCUT2D eigenvalue weighted by molar-refractivity contribution is 5.75. The van der Waals surface area contributed by atoms with Crippen molar-refractivity contribution in [3.8, 4) is 0 Å². The molecule has 0 fully saturated rings. The fourth-order valence-corrected chi connectivity index (χ4v) is 1.87. The van der Waals surface area contributed by atoms with Crippen molar-refractivity contribution in [2.24, 2.45) is 5.73 Å². The van der Waals surface area contributed by atoms with Crippen LogP contribution in [0.2, 0.25) is 0 Å². The second-order valence-electron chi connectivity index (χ2n) is 4.73. The Hall–Kier alpha value is -2.97. The van der Waals surface area contributed by atoms with Crippen molar-refractivity contribution in [2.45, 2.75) is 25.8 Å². The number of hydrogen-bond donors (Lipinski definition) is 3. The zero-order valence-electron chi connectivity index (χ0n) is 11.9. The van der Waals surface area contributed by atoms with E-state index in [1.807, 2.05) is 0 Å². The number of nitrogens with one attached hydrogen (secondary N) is 1. The first-order valence-electron chi connectivity index (χ1n) is 6.52. The molecule has 0 aliphatic rings. The minimum Gasteiger partial charge on any atom is -0.422 e. The SMILES string of the molecule is CC(=O)NC(Cc1ccc(N)nc1)c1nnc(CC(N)=O)o1. The van der Waals surface area contributed by atoms with E-state index < -0.39 is 11.9 Å². The van der Waals surface area contributed by atoms with E-state index in [0.29, 0.717) is 12.2 Å². The molecule has 2 rings (SSSR count). The Morgan fingerprint density at radius 3 is 2.73 bits per heavy atom. The summed E-state index contributed by atoms with van der Waals surface area (Å²) >= 11 is 0. The highest BCUT2D eigenvalue weighted by atomic mass is 16.4. The van der Waals surface area contributed by atoms with Gasteiger partial charge in [-0.2, -0.15) is 0 Å². The molecule has 0 aliphatic carbocycles. The van der Waals surface area contributed by atoms with Gasteiger partial charge in [0.2, 0.25) is 23.6 Å². The Kier molecular flexibility index (Phi) is 4.66. The molecule has 1 unspecified atom stereocenters. The number of nitrogens with two attached hydrogens (primary N) is 2. The lowest BCUT2D eigenvalue weighted by Gasteiger charge is -2.13. The molecule has 0 saturated heterocycles. The van der Waals surface area contributed by atoms with Crippen molar-refractivity contribution in [1.29, 1.82) is 0 Å². The lowest BCUT2D eigenvalue weighted by Crippen LogP contribution is -2.28. The number of pyridine rings is 1. The molecule has 2 aromatic rings. The molecule has 0 bridgehead atoms. The highest BCUT2D eigenvalue weighted by Crippen LogP contribution is 2.18. The molecule has 5 N–H and O–H groups in total. The monoisotopic (exact) mass is 304 g/mol. The first-order valence-corrected chi connectivity index (χ1v) is 6.52. The molecule has 22 heavy (non-hydrogen) atoms. The summed E-state index contributed by atoms with van der Waals surface area (Å²) in [5, 5.41) is 10.3. The van der Waals surface area contributed by atoms with E-state index in [0.717, 1.165) is 5.56 Å². The van der Waals surface area contributed by atoms with E-state index >= 15 is 0 Å². The Morgan fingerprint density at radius 2 is 2.14 bits per heavy atom. The van der Waals surface area contributed by atoms with E-state index in [9.17, 15) is 9.59 Å². The third kappa shape index (κ3) is 4.27. The van der Waals surface area contributed by atoms with Crippen molar-refractivity contribution in [1.82, 2.24) is 20.5 Å². The largest absolute Gasteiger partial charge is 0.422 e. The minimum atomic E-state index is -0.575. The van der Waals surface area contributed by atoms with E-state index in [4.69, 9.17) is 15.9 Å². The second kappa shape index (κ2) is 6.66. The molecule has 116 valence electrons. The Balaban J connectivity index is 2.18. The van der Waals surface area contributed by atoms with Gasteiger partial charge in [0.05, 0.1) is 0 Å². The summed E-state index contributed by atoms with van der Waals surface area (Å²) in [6, 6.07) is 2.92. The van der Waals surface area contributed by atoms with Gasteiger partial charge in [-0.05, 0) is 11.6 Å². The van der Waals surface area contributed by atoms with Crippen molar-refractivity contribution >= 4 is 17.6 Å². The van der Waals surface area contributed by atoms with E-state index in [2.05, 4.69) is 20.5 Å². The van der Waals surface area contributed by atoms with Crippen LogP contribution in [0.25, 0.3) is 0 Å². The number of nitrogen functional groups attached to an aromatic ring is 1. The zero-order chi connectivity index (χ0) is 16.1. The van der Waals surface area contributed by atoms with Crippen molar-refractivity contribution in [3.63, 3.8) is 0 Å². The van der Waals surface area contributed by atoms with Crippen LogP contribution < -0.4 is 16.8 Å². The van der Waals surface area contributed by atoms with Crippen LogP contribution in [0.5, 0.6) is 0 Å². The summed E-state index contributed by atoms with van der Waals surface area (Å²) in [7, 11) is 0. The fourth-order valence-electron chi connectivity index (χ4n) is 1.87. The topological polar surface area (TPSA) is 150 Å². The molecule has 0 aliphatic heterocycles. The van der Waals surface area contributed by atoms with Crippen molar-refractivity contribution in [3.05, 3.63) is 35.7 Å². The predicted molar refractivity (Wildman–Crippen MR) is 76.1 cm³/mol. The highest BCUT2D eigenvalue weighted by Gasteiger charge is 2.21. The quantitative estimate of drug-likeness (QED) is 0.650. The van der Waals surface area contributed by atoms with Crippen molar-refractivity contribution in [2.75, 3.05) is 5.73 Å². The Labute approximate surface area is 126 Å². The maximum absolute atomic E-state index is 11.3. The third-order valence-electron chi connectivity index (χ3n) is 2.77. The maximum Gasteiger partial charge on any atom is 0.239 e. The van der Waals surface area contributed by atoms with Crippen LogP contribution in [0.1, 0.15) is 30.3 Å². The summed E-state index contributed by atoms with van der Waals surface area (Å²) in [5.74, 6) is -0.116. The molecule has 1 atom stereocenters. The van der Waals surface area contributed by atoms with Gasteiger partial charge in [-0.1, -0.05) is 6.07 Å². The first kappa shape index (κ1) is 15.4. The molecule has 0 aromatic carbocycles. The molecule has 2 heterocycles. The average Bonchev–Trinajstić information content (AvgIpc) is 2.87. The number of amides is 2. The number of nitrogens with zero attached hydrogens (tertiary/aromatic N) is 3. The second-order valence-corrected chi connectivity index (χ2v) is 4.73. The van der Waals surface area contributed by atoms with Gasteiger partial charge in [-0.15, -0.1) is 10.2 Å². The number of aromatic nitrogens is 3. The molecule has 0 saturated carbocycles. The molecule has 0 radical (unpaired) electrons.